The highest BCUT2D eigenvalue weighted by Crippen LogP contribution is 2.27. The number of benzene rings is 1. The lowest BCUT2D eigenvalue weighted by Crippen LogP contribution is -2.49. The molecule has 6 nitrogen and oxygen atoms in total. The average molecular weight is 433 g/mol. The first kappa shape index (κ1) is 22.9. The van der Waals surface area contributed by atoms with Gasteiger partial charge in [0, 0.05) is 55.4 Å². The van der Waals surface area contributed by atoms with Crippen LogP contribution in [0.1, 0.15) is 36.5 Å². The number of nitrogens with zero attached hydrogens (tertiary/aromatic N) is 4. The fraction of sp³-hybridized carbons (Fsp3) is 0.565. The van der Waals surface area contributed by atoms with Gasteiger partial charge in [0.1, 0.15) is 11.6 Å². The summed E-state index contributed by atoms with van der Waals surface area (Å²) in [5, 5.41) is 11.0. The van der Waals surface area contributed by atoms with Crippen molar-refractivity contribution < 1.29 is 9.84 Å². The summed E-state index contributed by atoms with van der Waals surface area (Å²) in [7, 11) is 0. The molecule has 1 aliphatic rings. The molecule has 30 heavy (non-hydrogen) atoms. The van der Waals surface area contributed by atoms with Crippen molar-refractivity contribution in [2.45, 2.75) is 46.3 Å². The Morgan fingerprint density at radius 3 is 2.47 bits per heavy atom. The van der Waals surface area contributed by atoms with Crippen LogP contribution in [0.4, 0.5) is 5.82 Å². The summed E-state index contributed by atoms with van der Waals surface area (Å²) in [6.07, 6.45) is 0.391. The standard InChI is InChI=1S/C23H33ClN4O2/c1-16(2)30-15-20(29)14-27-9-11-28(12-10-27)23-21(17(3)25-18(4)26-23)13-19-7-5-6-8-22(19)24/h5-8,16,20,29H,9-15H2,1-4H3/t20-/m0/s1. The number of hydrogen-bond donors (Lipinski definition) is 1. The summed E-state index contributed by atoms with van der Waals surface area (Å²) < 4.78 is 5.53. The van der Waals surface area contributed by atoms with E-state index in [9.17, 15) is 5.11 Å². The minimum Gasteiger partial charge on any atom is -0.389 e. The zero-order valence-electron chi connectivity index (χ0n) is 18.4. The van der Waals surface area contributed by atoms with Gasteiger partial charge >= 0.3 is 0 Å². The third-order valence-corrected chi connectivity index (χ3v) is 5.76. The zero-order chi connectivity index (χ0) is 21.7. The number of β-amino-alcohol motifs (C(OH)–C–C–N with tert-alkyl or cyclic N) is 1. The van der Waals surface area contributed by atoms with E-state index in [0.29, 0.717) is 19.6 Å². The Balaban J connectivity index is 1.69. The first-order valence-electron chi connectivity index (χ1n) is 10.7. The molecule has 1 aromatic heterocycles. The summed E-state index contributed by atoms with van der Waals surface area (Å²) in [4.78, 5) is 14.0. The van der Waals surface area contributed by atoms with E-state index in [1.54, 1.807) is 0 Å². The third kappa shape index (κ3) is 6.14. The van der Waals surface area contributed by atoms with Crippen LogP contribution < -0.4 is 4.90 Å². The Labute approximate surface area is 184 Å². The van der Waals surface area contributed by atoms with Crippen LogP contribution in [0.3, 0.4) is 0 Å². The van der Waals surface area contributed by atoms with Crippen molar-refractivity contribution >= 4 is 17.4 Å². The van der Waals surface area contributed by atoms with Gasteiger partial charge in [-0.2, -0.15) is 0 Å². The predicted octanol–water partition coefficient (Wildman–Crippen LogP) is 3.25. The van der Waals surface area contributed by atoms with Crippen LogP contribution in [-0.2, 0) is 11.2 Å². The number of aryl methyl sites for hydroxylation is 2. The van der Waals surface area contributed by atoms with E-state index in [1.807, 2.05) is 45.9 Å². The Morgan fingerprint density at radius 1 is 1.10 bits per heavy atom. The van der Waals surface area contributed by atoms with Crippen LogP contribution in [0.15, 0.2) is 24.3 Å². The molecular formula is C23H33ClN4O2. The molecule has 1 aromatic carbocycles. The molecule has 7 heteroatoms. The molecule has 0 spiro atoms. The van der Waals surface area contributed by atoms with Gasteiger partial charge in [0.25, 0.3) is 0 Å². The Bertz CT molecular complexity index is 838. The van der Waals surface area contributed by atoms with Gasteiger partial charge in [-0.05, 0) is 39.3 Å². The Kier molecular flexibility index (Phi) is 8.06. The molecule has 0 bridgehead atoms. The van der Waals surface area contributed by atoms with Crippen LogP contribution in [0.2, 0.25) is 5.02 Å². The summed E-state index contributed by atoms with van der Waals surface area (Å²) in [5.41, 5.74) is 3.22. The first-order chi connectivity index (χ1) is 14.3. The summed E-state index contributed by atoms with van der Waals surface area (Å²) in [6.45, 7) is 12.5. The van der Waals surface area contributed by atoms with Gasteiger partial charge in [0.15, 0.2) is 0 Å². The van der Waals surface area contributed by atoms with Gasteiger partial charge in [-0.1, -0.05) is 29.8 Å². The van der Waals surface area contributed by atoms with Crippen molar-refractivity contribution in [3.63, 3.8) is 0 Å². The maximum atomic E-state index is 10.2. The van der Waals surface area contributed by atoms with Gasteiger partial charge in [0.2, 0.25) is 0 Å². The number of aliphatic hydroxyl groups is 1. The monoisotopic (exact) mass is 432 g/mol. The molecule has 0 saturated carbocycles. The SMILES string of the molecule is Cc1nc(C)c(Cc2ccccc2Cl)c(N2CCN(C[C@H](O)COC(C)C)CC2)n1. The summed E-state index contributed by atoms with van der Waals surface area (Å²) in [6, 6.07) is 7.95. The van der Waals surface area contributed by atoms with Gasteiger partial charge in [0.05, 0.1) is 18.8 Å². The lowest BCUT2D eigenvalue weighted by atomic mass is 10.0. The first-order valence-corrected chi connectivity index (χ1v) is 11.1. The van der Waals surface area contributed by atoms with Gasteiger partial charge in [-0.15, -0.1) is 0 Å². The second kappa shape index (κ2) is 10.5. The Hall–Kier alpha value is -1.73. The number of piperazine rings is 1. The van der Waals surface area contributed by atoms with Crippen LogP contribution >= 0.6 is 11.6 Å². The van der Waals surface area contributed by atoms with Crippen molar-refractivity contribution in [1.82, 2.24) is 14.9 Å². The molecule has 2 heterocycles. The quantitative estimate of drug-likeness (QED) is 0.690. The molecule has 0 unspecified atom stereocenters. The topological polar surface area (TPSA) is 61.7 Å². The zero-order valence-corrected chi connectivity index (χ0v) is 19.2. The van der Waals surface area contributed by atoms with Crippen molar-refractivity contribution in [1.29, 1.82) is 0 Å². The predicted molar refractivity (Wildman–Crippen MR) is 122 cm³/mol. The number of hydrogen-bond acceptors (Lipinski definition) is 6. The minimum atomic E-state index is -0.460. The molecule has 1 atom stereocenters. The van der Waals surface area contributed by atoms with Gasteiger partial charge in [-0.25, -0.2) is 9.97 Å². The lowest BCUT2D eigenvalue weighted by Gasteiger charge is -2.37. The van der Waals surface area contributed by atoms with E-state index in [2.05, 4.69) is 20.9 Å². The van der Waals surface area contributed by atoms with E-state index in [-0.39, 0.29) is 6.10 Å². The van der Waals surface area contributed by atoms with Crippen molar-refractivity contribution in [3.05, 3.63) is 51.9 Å². The maximum absolute atomic E-state index is 10.2. The van der Waals surface area contributed by atoms with Crippen LogP contribution in [0.25, 0.3) is 0 Å². The minimum absolute atomic E-state index is 0.136. The van der Waals surface area contributed by atoms with E-state index in [0.717, 1.165) is 59.7 Å². The van der Waals surface area contributed by atoms with Gasteiger partial charge in [-0.3, -0.25) is 4.90 Å². The highest BCUT2D eigenvalue weighted by Gasteiger charge is 2.24. The van der Waals surface area contributed by atoms with Crippen LogP contribution in [0, 0.1) is 13.8 Å². The second-order valence-corrected chi connectivity index (χ2v) is 8.66. The summed E-state index contributed by atoms with van der Waals surface area (Å²) >= 11 is 6.41. The third-order valence-electron chi connectivity index (χ3n) is 5.39. The van der Waals surface area contributed by atoms with E-state index in [4.69, 9.17) is 21.3 Å². The molecule has 2 aromatic rings. The maximum Gasteiger partial charge on any atom is 0.136 e. The smallest absolute Gasteiger partial charge is 0.136 e. The molecule has 1 N–H and O–H groups in total. The fourth-order valence-corrected chi connectivity index (χ4v) is 4.02. The van der Waals surface area contributed by atoms with Crippen molar-refractivity contribution in [2.24, 2.45) is 0 Å². The molecule has 1 aliphatic heterocycles. The molecule has 0 aliphatic carbocycles. The fourth-order valence-electron chi connectivity index (χ4n) is 3.82. The number of anilines is 1. The number of ether oxygens (including phenoxy) is 1. The highest BCUT2D eigenvalue weighted by atomic mass is 35.5. The molecule has 1 fully saturated rings. The molecule has 0 radical (unpaired) electrons. The van der Waals surface area contributed by atoms with Crippen LogP contribution in [0.5, 0.6) is 0 Å². The van der Waals surface area contributed by atoms with E-state index < -0.39 is 6.10 Å². The molecular weight excluding hydrogens is 400 g/mol. The molecule has 3 rings (SSSR count). The Morgan fingerprint density at radius 2 is 1.80 bits per heavy atom. The average Bonchev–Trinajstić information content (AvgIpc) is 2.70. The van der Waals surface area contributed by atoms with E-state index in [1.165, 1.54) is 0 Å². The normalized spacial score (nSPS) is 16.3. The molecule has 1 saturated heterocycles. The number of rotatable bonds is 8. The molecule has 0 amide bonds. The molecule has 164 valence electrons. The van der Waals surface area contributed by atoms with Crippen LogP contribution in [-0.4, -0.2) is 71.5 Å². The highest BCUT2D eigenvalue weighted by molar-refractivity contribution is 6.31. The lowest BCUT2D eigenvalue weighted by molar-refractivity contribution is -0.00901. The number of aromatic nitrogens is 2. The van der Waals surface area contributed by atoms with Crippen molar-refractivity contribution in [2.75, 3.05) is 44.2 Å². The van der Waals surface area contributed by atoms with Gasteiger partial charge < -0.3 is 14.7 Å². The largest absolute Gasteiger partial charge is 0.389 e. The summed E-state index contributed by atoms with van der Waals surface area (Å²) in [5.74, 6) is 1.79. The number of halogens is 1. The van der Waals surface area contributed by atoms with Crippen molar-refractivity contribution in [3.8, 4) is 0 Å². The van der Waals surface area contributed by atoms with E-state index >= 15 is 0 Å². The number of aliphatic hydroxyl groups excluding tert-OH is 1. The second-order valence-electron chi connectivity index (χ2n) is 8.25.